The summed E-state index contributed by atoms with van der Waals surface area (Å²) < 4.78 is 7.99. The molecule has 128 valence electrons. The van der Waals surface area contributed by atoms with Gasteiger partial charge in [-0.3, -0.25) is 5.43 Å². The number of hydrazone groups is 1. The molecule has 0 radical (unpaired) electrons. The van der Waals surface area contributed by atoms with Crippen molar-refractivity contribution in [1.82, 2.24) is 9.55 Å². The van der Waals surface area contributed by atoms with Crippen LogP contribution in [0.15, 0.2) is 78.4 Å². The maximum atomic E-state index is 5.92. The zero-order valence-corrected chi connectivity index (χ0v) is 14.1. The SMILES string of the molecule is C(=NNc1ccccc1)c1ccccc1OCCCCn1ccnc1. The molecule has 3 aromatic rings. The number of hydrogen-bond donors (Lipinski definition) is 1. The van der Waals surface area contributed by atoms with Crippen molar-refractivity contribution < 1.29 is 4.74 Å². The van der Waals surface area contributed by atoms with Crippen LogP contribution in [0.2, 0.25) is 0 Å². The van der Waals surface area contributed by atoms with E-state index in [4.69, 9.17) is 4.74 Å². The molecule has 2 aromatic carbocycles. The quantitative estimate of drug-likeness (QED) is 0.363. The molecule has 0 aliphatic carbocycles. The molecule has 0 aliphatic rings. The van der Waals surface area contributed by atoms with E-state index in [0.29, 0.717) is 6.61 Å². The fourth-order valence-electron chi connectivity index (χ4n) is 2.41. The van der Waals surface area contributed by atoms with Crippen molar-refractivity contribution in [2.45, 2.75) is 19.4 Å². The summed E-state index contributed by atoms with van der Waals surface area (Å²) in [6.07, 6.45) is 9.45. The van der Waals surface area contributed by atoms with Gasteiger partial charge >= 0.3 is 0 Å². The molecule has 0 saturated carbocycles. The monoisotopic (exact) mass is 334 g/mol. The molecule has 5 nitrogen and oxygen atoms in total. The van der Waals surface area contributed by atoms with Crippen molar-refractivity contribution >= 4 is 11.9 Å². The van der Waals surface area contributed by atoms with Crippen LogP contribution in [0.4, 0.5) is 5.69 Å². The summed E-state index contributed by atoms with van der Waals surface area (Å²) in [6, 6.07) is 17.8. The molecule has 5 heteroatoms. The minimum atomic E-state index is 0.686. The second kappa shape index (κ2) is 9.27. The third-order valence-electron chi connectivity index (χ3n) is 3.72. The first-order valence-electron chi connectivity index (χ1n) is 8.43. The molecule has 0 saturated heterocycles. The van der Waals surface area contributed by atoms with E-state index in [2.05, 4.69) is 20.1 Å². The van der Waals surface area contributed by atoms with E-state index in [-0.39, 0.29) is 0 Å². The lowest BCUT2D eigenvalue weighted by Gasteiger charge is -2.09. The highest BCUT2D eigenvalue weighted by Gasteiger charge is 2.00. The fraction of sp³-hybridized carbons (Fsp3) is 0.200. The standard InChI is InChI=1S/C20H22N4O/c1-2-9-19(10-3-1)23-22-16-18-8-4-5-11-20(18)25-15-7-6-13-24-14-12-21-17-24/h1-5,8-12,14,16-17,23H,6-7,13,15H2. The molecule has 0 spiro atoms. The number of imidazole rings is 1. The molecule has 3 rings (SSSR count). The number of hydrogen-bond acceptors (Lipinski definition) is 4. The minimum Gasteiger partial charge on any atom is -0.493 e. The van der Waals surface area contributed by atoms with Gasteiger partial charge in [0, 0.05) is 24.5 Å². The van der Waals surface area contributed by atoms with Crippen LogP contribution >= 0.6 is 0 Å². The summed E-state index contributed by atoms with van der Waals surface area (Å²) in [5, 5.41) is 4.29. The highest BCUT2D eigenvalue weighted by Crippen LogP contribution is 2.16. The summed E-state index contributed by atoms with van der Waals surface area (Å²) in [5.74, 6) is 0.851. The van der Waals surface area contributed by atoms with Gasteiger partial charge in [-0.25, -0.2) is 4.98 Å². The Morgan fingerprint density at radius 2 is 1.88 bits per heavy atom. The highest BCUT2D eigenvalue weighted by atomic mass is 16.5. The van der Waals surface area contributed by atoms with Crippen molar-refractivity contribution in [3.05, 3.63) is 78.9 Å². The maximum Gasteiger partial charge on any atom is 0.128 e. The van der Waals surface area contributed by atoms with E-state index < -0.39 is 0 Å². The Kier molecular flexibility index (Phi) is 6.22. The van der Waals surface area contributed by atoms with Gasteiger partial charge in [0.1, 0.15) is 5.75 Å². The Morgan fingerprint density at radius 3 is 2.72 bits per heavy atom. The largest absolute Gasteiger partial charge is 0.493 e. The van der Waals surface area contributed by atoms with Gasteiger partial charge in [0.2, 0.25) is 0 Å². The van der Waals surface area contributed by atoms with E-state index in [1.165, 1.54) is 0 Å². The van der Waals surface area contributed by atoms with Gasteiger partial charge in [-0.1, -0.05) is 30.3 Å². The van der Waals surface area contributed by atoms with Gasteiger partial charge < -0.3 is 9.30 Å². The molecular formula is C20H22N4O. The average Bonchev–Trinajstić information content (AvgIpc) is 3.17. The zero-order valence-electron chi connectivity index (χ0n) is 14.1. The number of aromatic nitrogens is 2. The van der Waals surface area contributed by atoms with Crippen molar-refractivity contribution in [2.75, 3.05) is 12.0 Å². The average molecular weight is 334 g/mol. The van der Waals surface area contributed by atoms with Crippen LogP contribution in [-0.2, 0) is 6.54 Å². The first-order valence-corrected chi connectivity index (χ1v) is 8.43. The van der Waals surface area contributed by atoms with E-state index in [1.54, 1.807) is 12.4 Å². The van der Waals surface area contributed by atoms with Gasteiger partial charge in [0.05, 0.1) is 24.8 Å². The third kappa shape index (κ3) is 5.49. The van der Waals surface area contributed by atoms with Gasteiger partial charge in [-0.15, -0.1) is 0 Å². The normalized spacial score (nSPS) is 10.9. The summed E-state index contributed by atoms with van der Waals surface area (Å²) in [5.41, 5.74) is 4.93. The molecule has 0 aliphatic heterocycles. The van der Waals surface area contributed by atoms with E-state index in [1.807, 2.05) is 67.1 Å². The van der Waals surface area contributed by atoms with Crippen LogP contribution in [0.3, 0.4) is 0 Å². The Hall–Kier alpha value is -3.08. The van der Waals surface area contributed by atoms with Gasteiger partial charge in [0.25, 0.3) is 0 Å². The lowest BCUT2D eigenvalue weighted by atomic mass is 10.2. The Balaban J connectivity index is 1.47. The number of para-hydroxylation sites is 2. The number of ether oxygens (including phenoxy) is 1. The molecule has 0 amide bonds. The number of benzene rings is 2. The molecule has 1 N–H and O–H groups in total. The van der Waals surface area contributed by atoms with Crippen molar-refractivity contribution in [2.24, 2.45) is 5.10 Å². The first-order chi connectivity index (χ1) is 12.4. The fourth-order valence-corrected chi connectivity index (χ4v) is 2.41. The van der Waals surface area contributed by atoms with Gasteiger partial charge in [0.15, 0.2) is 0 Å². The van der Waals surface area contributed by atoms with Crippen LogP contribution in [0, 0.1) is 0 Å². The smallest absolute Gasteiger partial charge is 0.128 e. The summed E-state index contributed by atoms with van der Waals surface area (Å²) in [6.45, 7) is 1.65. The van der Waals surface area contributed by atoms with Crippen molar-refractivity contribution in [3.63, 3.8) is 0 Å². The molecule has 0 bridgehead atoms. The molecule has 0 unspecified atom stereocenters. The molecule has 25 heavy (non-hydrogen) atoms. The molecule has 1 aromatic heterocycles. The summed E-state index contributed by atoms with van der Waals surface area (Å²) in [7, 11) is 0. The lowest BCUT2D eigenvalue weighted by molar-refractivity contribution is 0.303. The molecule has 1 heterocycles. The first kappa shape index (κ1) is 16.8. The van der Waals surface area contributed by atoms with E-state index >= 15 is 0 Å². The van der Waals surface area contributed by atoms with Crippen LogP contribution < -0.4 is 10.2 Å². The Labute approximate surface area is 148 Å². The number of nitrogens with zero attached hydrogens (tertiary/aromatic N) is 3. The second-order valence-corrected chi connectivity index (χ2v) is 5.63. The zero-order chi connectivity index (χ0) is 17.2. The van der Waals surface area contributed by atoms with Gasteiger partial charge in [-0.05, 0) is 37.1 Å². The van der Waals surface area contributed by atoms with Crippen LogP contribution in [0.1, 0.15) is 18.4 Å². The van der Waals surface area contributed by atoms with Crippen LogP contribution in [-0.4, -0.2) is 22.4 Å². The molecule has 0 atom stereocenters. The lowest BCUT2D eigenvalue weighted by Crippen LogP contribution is -2.03. The summed E-state index contributed by atoms with van der Waals surface area (Å²) in [4.78, 5) is 4.04. The second-order valence-electron chi connectivity index (χ2n) is 5.63. The molecule has 0 fully saturated rings. The van der Waals surface area contributed by atoms with E-state index in [0.717, 1.165) is 36.4 Å². The number of unbranched alkanes of at least 4 members (excludes halogenated alkanes) is 1. The number of aryl methyl sites for hydroxylation is 1. The highest BCUT2D eigenvalue weighted by molar-refractivity contribution is 5.83. The predicted molar refractivity (Wildman–Crippen MR) is 101 cm³/mol. The predicted octanol–water partition coefficient (Wildman–Crippen LogP) is 4.19. The maximum absolute atomic E-state index is 5.92. The summed E-state index contributed by atoms with van der Waals surface area (Å²) >= 11 is 0. The van der Waals surface area contributed by atoms with Gasteiger partial charge in [-0.2, -0.15) is 5.10 Å². The van der Waals surface area contributed by atoms with Crippen molar-refractivity contribution in [3.8, 4) is 5.75 Å². The topological polar surface area (TPSA) is 51.4 Å². The van der Waals surface area contributed by atoms with Crippen LogP contribution in [0.25, 0.3) is 0 Å². The number of rotatable bonds is 9. The number of nitrogens with one attached hydrogen (secondary N) is 1. The molecular weight excluding hydrogens is 312 g/mol. The Morgan fingerprint density at radius 1 is 1.04 bits per heavy atom. The third-order valence-corrected chi connectivity index (χ3v) is 3.72. The van der Waals surface area contributed by atoms with Crippen molar-refractivity contribution in [1.29, 1.82) is 0 Å². The van der Waals surface area contributed by atoms with Crippen LogP contribution in [0.5, 0.6) is 5.75 Å². The number of anilines is 1. The van der Waals surface area contributed by atoms with E-state index in [9.17, 15) is 0 Å². The Bertz CT molecular complexity index is 769. The minimum absolute atomic E-state index is 0.686.